The van der Waals surface area contributed by atoms with Gasteiger partial charge < -0.3 is 9.84 Å². The number of carbonyl (C=O) groups is 1. The van der Waals surface area contributed by atoms with Crippen LogP contribution >= 0.6 is 11.6 Å². The molecule has 1 unspecified atom stereocenters. The lowest BCUT2D eigenvalue weighted by molar-refractivity contribution is 0.244. The van der Waals surface area contributed by atoms with E-state index in [-0.39, 0.29) is 6.03 Å². The summed E-state index contributed by atoms with van der Waals surface area (Å²) in [7, 11) is 0. The second kappa shape index (κ2) is 9.63. The molecule has 4 aromatic rings. The Bertz CT molecular complexity index is 1440. The number of allylic oxidation sites excluding steroid dienone is 1. The first-order valence-electron chi connectivity index (χ1n) is 11.9. The second-order valence-corrected chi connectivity index (χ2v) is 9.52. The number of rotatable bonds is 5. The largest absolute Gasteiger partial charge is 0.334 e. The summed E-state index contributed by atoms with van der Waals surface area (Å²) in [5, 5.41) is 8.03. The van der Waals surface area contributed by atoms with Crippen molar-refractivity contribution in [3.63, 3.8) is 0 Å². The number of aromatic nitrogens is 2. The van der Waals surface area contributed by atoms with E-state index in [1.807, 2.05) is 57.2 Å². The van der Waals surface area contributed by atoms with Gasteiger partial charge in [0.2, 0.25) is 5.82 Å². The van der Waals surface area contributed by atoms with Gasteiger partial charge in [-0.25, -0.2) is 4.79 Å². The minimum atomic E-state index is -0.479. The number of halogens is 1. The molecule has 0 aliphatic carbocycles. The molecule has 7 heteroatoms. The van der Waals surface area contributed by atoms with Crippen molar-refractivity contribution in [1.82, 2.24) is 15.5 Å². The highest BCUT2D eigenvalue weighted by Crippen LogP contribution is 2.39. The number of nitrogens with zero attached hydrogens (tertiary/aromatic N) is 3. The van der Waals surface area contributed by atoms with Gasteiger partial charge in [0.15, 0.2) is 0 Å². The Hall–Kier alpha value is -3.90. The summed E-state index contributed by atoms with van der Waals surface area (Å²) in [5.41, 5.74) is 7.36. The Morgan fingerprint density at radius 1 is 0.972 bits per heavy atom. The molecule has 0 spiro atoms. The number of anilines is 1. The number of carbonyl (C=O) groups excluding carboxylic acids is 1. The molecule has 2 amide bonds. The minimum Gasteiger partial charge on any atom is -0.334 e. The maximum Gasteiger partial charge on any atom is 0.326 e. The highest BCUT2D eigenvalue weighted by atomic mass is 35.5. The fourth-order valence-corrected chi connectivity index (χ4v) is 4.78. The summed E-state index contributed by atoms with van der Waals surface area (Å²) in [6.45, 7) is 8.06. The molecule has 1 aromatic heterocycles. The number of hydrogen-bond acceptors (Lipinski definition) is 4. The Kier molecular flexibility index (Phi) is 6.37. The molecular weight excluding hydrogens is 472 g/mol. The van der Waals surface area contributed by atoms with Crippen molar-refractivity contribution in [3.8, 4) is 11.4 Å². The number of hydrogen-bond donors (Lipinski definition) is 1. The number of benzene rings is 3. The Morgan fingerprint density at radius 2 is 1.64 bits per heavy atom. The lowest BCUT2D eigenvalue weighted by atomic mass is 9.94. The Labute approximate surface area is 215 Å². The van der Waals surface area contributed by atoms with Gasteiger partial charge in [0, 0.05) is 16.3 Å². The first-order chi connectivity index (χ1) is 17.3. The van der Waals surface area contributed by atoms with E-state index in [1.165, 1.54) is 5.56 Å². The number of aryl methyl sites for hydroxylation is 3. The SMILES string of the molecule is CCc1ccc(-c2noc(C3=C(C)N(c4cc(C)cc(C)c4)C(=O)NC3c3ccc(Cl)cc3)n2)cc1. The van der Waals surface area contributed by atoms with Crippen LogP contribution in [0.2, 0.25) is 5.02 Å². The van der Waals surface area contributed by atoms with Crippen molar-refractivity contribution >= 4 is 28.9 Å². The fourth-order valence-electron chi connectivity index (χ4n) is 4.66. The van der Waals surface area contributed by atoms with Crippen LogP contribution in [0.15, 0.2) is 77.0 Å². The zero-order chi connectivity index (χ0) is 25.4. The third kappa shape index (κ3) is 4.52. The van der Waals surface area contributed by atoms with Crippen molar-refractivity contribution in [3.05, 3.63) is 106 Å². The topological polar surface area (TPSA) is 71.3 Å². The van der Waals surface area contributed by atoms with Crippen LogP contribution in [0.1, 0.15) is 48.0 Å². The van der Waals surface area contributed by atoms with Gasteiger partial charge in [-0.3, -0.25) is 4.90 Å². The van der Waals surface area contributed by atoms with E-state index in [4.69, 9.17) is 21.1 Å². The third-order valence-corrected chi connectivity index (χ3v) is 6.68. The van der Waals surface area contributed by atoms with Gasteiger partial charge >= 0.3 is 6.03 Å². The molecule has 0 saturated carbocycles. The molecule has 0 bridgehead atoms. The second-order valence-electron chi connectivity index (χ2n) is 9.09. The van der Waals surface area contributed by atoms with Crippen LogP contribution in [0.5, 0.6) is 0 Å². The van der Waals surface area contributed by atoms with Crippen LogP contribution in [0.4, 0.5) is 10.5 Å². The lowest BCUT2D eigenvalue weighted by Crippen LogP contribution is -2.46. The molecule has 5 rings (SSSR count). The summed E-state index contributed by atoms with van der Waals surface area (Å²) in [6, 6.07) is 20.9. The molecule has 0 radical (unpaired) electrons. The van der Waals surface area contributed by atoms with E-state index >= 15 is 0 Å². The average molecular weight is 499 g/mol. The minimum absolute atomic E-state index is 0.226. The van der Waals surface area contributed by atoms with Gasteiger partial charge in [-0.15, -0.1) is 0 Å². The maximum absolute atomic E-state index is 13.4. The molecule has 1 aliphatic heterocycles. The average Bonchev–Trinajstić information content (AvgIpc) is 3.33. The first-order valence-corrected chi connectivity index (χ1v) is 12.3. The van der Waals surface area contributed by atoms with E-state index in [2.05, 4.69) is 35.6 Å². The quantitative estimate of drug-likeness (QED) is 0.314. The molecular formula is C29H27ClN4O2. The number of nitrogens with one attached hydrogen (secondary N) is 1. The molecule has 1 atom stereocenters. The van der Waals surface area contributed by atoms with Crippen molar-refractivity contribution < 1.29 is 9.32 Å². The number of urea groups is 1. The van der Waals surface area contributed by atoms with Crippen molar-refractivity contribution in [2.45, 2.75) is 40.2 Å². The van der Waals surface area contributed by atoms with Gasteiger partial charge in [0.1, 0.15) is 0 Å². The van der Waals surface area contributed by atoms with Crippen LogP contribution < -0.4 is 10.2 Å². The maximum atomic E-state index is 13.4. The Morgan fingerprint density at radius 3 is 2.28 bits per heavy atom. The van der Waals surface area contributed by atoms with Gasteiger partial charge in [-0.2, -0.15) is 4.98 Å². The van der Waals surface area contributed by atoms with Crippen LogP contribution in [-0.4, -0.2) is 16.2 Å². The number of amides is 2. The summed E-state index contributed by atoms with van der Waals surface area (Å²) in [4.78, 5) is 19.9. The third-order valence-electron chi connectivity index (χ3n) is 6.43. The predicted molar refractivity (Wildman–Crippen MR) is 143 cm³/mol. The lowest BCUT2D eigenvalue weighted by Gasteiger charge is -2.35. The summed E-state index contributed by atoms with van der Waals surface area (Å²) in [5.74, 6) is 0.856. The van der Waals surface area contributed by atoms with Crippen molar-refractivity contribution in [2.24, 2.45) is 0 Å². The molecule has 0 saturated heterocycles. The highest BCUT2D eigenvalue weighted by Gasteiger charge is 2.36. The monoisotopic (exact) mass is 498 g/mol. The van der Waals surface area contributed by atoms with E-state index in [0.29, 0.717) is 16.7 Å². The van der Waals surface area contributed by atoms with Crippen LogP contribution in [0.3, 0.4) is 0 Å². The normalized spacial score (nSPS) is 15.9. The molecule has 1 N–H and O–H groups in total. The van der Waals surface area contributed by atoms with Crippen molar-refractivity contribution in [2.75, 3.05) is 4.90 Å². The summed E-state index contributed by atoms with van der Waals surface area (Å²) in [6.07, 6.45) is 0.959. The highest BCUT2D eigenvalue weighted by molar-refractivity contribution is 6.30. The van der Waals surface area contributed by atoms with Crippen LogP contribution in [0.25, 0.3) is 17.0 Å². The van der Waals surface area contributed by atoms with E-state index in [9.17, 15) is 4.79 Å². The van der Waals surface area contributed by atoms with E-state index in [1.54, 1.807) is 17.0 Å². The summed E-state index contributed by atoms with van der Waals surface area (Å²) < 4.78 is 5.80. The molecule has 36 heavy (non-hydrogen) atoms. The smallest absolute Gasteiger partial charge is 0.326 e. The molecule has 182 valence electrons. The van der Waals surface area contributed by atoms with Crippen LogP contribution in [-0.2, 0) is 6.42 Å². The van der Waals surface area contributed by atoms with Crippen molar-refractivity contribution in [1.29, 1.82) is 0 Å². The standard InChI is InChI=1S/C29H27ClN4O2/c1-5-20-6-8-22(9-7-20)27-32-28(36-33-27)25-19(4)34(24-15-17(2)14-18(3)16-24)29(35)31-26(25)21-10-12-23(30)13-11-21/h6-16,26H,5H2,1-4H3,(H,31,35). The summed E-state index contributed by atoms with van der Waals surface area (Å²) >= 11 is 6.14. The molecule has 1 aliphatic rings. The predicted octanol–water partition coefficient (Wildman–Crippen LogP) is 7.27. The van der Waals surface area contributed by atoms with Gasteiger partial charge in [0.05, 0.1) is 17.3 Å². The fraction of sp³-hybridized carbons (Fsp3) is 0.207. The van der Waals surface area contributed by atoms with Crippen LogP contribution in [0, 0.1) is 13.8 Å². The Balaban J connectivity index is 1.64. The zero-order valence-corrected chi connectivity index (χ0v) is 21.4. The van der Waals surface area contributed by atoms with Gasteiger partial charge in [-0.05, 0) is 73.7 Å². The van der Waals surface area contributed by atoms with E-state index in [0.717, 1.165) is 45.6 Å². The van der Waals surface area contributed by atoms with E-state index < -0.39 is 6.04 Å². The molecule has 6 nitrogen and oxygen atoms in total. The van der Waals surface area contributed by atoms with Gasteiger partial charge in [-0.1, -0.05) is 66.1 Å². The molecule has 3 aromatic carbocycles. The molecule has 0 fully saturated rings. The molecule has 2 heterocycles. The first kappa shape index (κ1) is 23.8. The van der Waals surface area contributed by atoms with Gasteiger partial charge in [0.25, 0.3) is 5.89 Å². The zero-order valence-electron chi connectivity index (χ0n) is 20.7.